The van der Waals surface area contributed by atoms with E-state index in [2.05, 4.69) is 9.47 Å². The third kappa shape index (κ3) is 1.61. The van der Waals surface area contributed by atoms with Crippen molar-refractivity contribution in [2.75, 3.05) is 0 Å². The predicted molar refractivity (Wildman–Crippen MR) is 63.2 cm³/mol. The van der Waals surface area contributed by atoms with Crippen LogP contribution in [0, 0.1) is 40.5 Å². The van der Waals surface area contributed by atoms with E-state index in [1.54, 1.807) is 0 Å². The molecule has 2 aromatic rings. The van der Waals surface area contributed by atoms with Gasteiger partial charge in [0.25, 0.3) is 12.5 Å². The first-order valence-corrected chi connectivity index (χ1v) is 5.57. The van der Waals surface area contributed by atoms with E-state index < -0.39 is 23.0 Å². The summed E-state index contributed by atoms with van der Waals surface area (Å²) in [5.41, 5.74) is -1.08. The Hall–Kier alpha value is -3.19. The Bertz CT molecular complexity index is 866. The van der Waals surface area contributed by atoms with Crippen molar-refractivity contribution in [2.45, 2.75) is 0 Å². The van der Waals surface area contributed by atoms with Gasteiger partial charge in [-0.05, 0) is 18.2 Å². The van der Waals surface area contributed by atoms with Crippen molar-refractivity contribution < 1.29 is 22.6 Å². The van der Waals surface area contributed by atoms with Gasteiger partial charge < -0.3 is 9.47 Å². The van der Waals surface area contributed by atoms with Crippen LogP contribution in [0.1, 0.15) is 0 Å². The number of nitriles is 2. The molecular formula is C14H3F3N2O2. The molecule has 0 atom stereocenters. The quantitative estimate of drug-likeness (QED) is 0.535. The topological polar surface area (TPSA) is 66.0 Å². The van der Waals surface area contributed by atoms with Crippen molar-refractivity contribution in [3.05, 3.63) is 35.7 Å². The molecule has 0 N–H and O–H groups in total. The Labute approximate surface area is 116 Å². The molecule has 0 aromatic heterocycles. The molecule has 2 bridgehead atoms. The van der Waals surface area contributed by atoms with Crippen LogP contribution < -0.4 is 9.47 Å². The molecule has 21 heavy (non-hydrogen) atoms. The molecule has 0 aliphatic heterocycles. The van der Waals surface area contributed by atoms with Crippen molar-refractivity contribution in [3.63, 3.8) is 0 Å². The molecule has 4 nitrogen and oxygen atoms in total. The number of halogens is 3. The first-order valence-electron chi connectivity index (χ1n) is 5.57. The van der Waals surface area contributed by atoms with E-state index in [1.807, 2.05) is 0 Å². The average Bonchev–Trinajstić information content (AvgIpc) is 2.67. The number of benzene rings is 2. The second-order valence-corrected chi connectivity index (χ2v) is 4.11. The van der Waals surface area contributed by atoms with Crippen LogP contribution in [-0.4, -0.2) is 0 Å². The highest BCUT2D eigenvalue weighted by atomic mass is 19.2. The van der Waals surface area contributed by atoms with Crippen LogP contribution in [-0.2, 0) is 0 Å². The minimum Gasteiger partial charge on any atom is -0.387 e. The van der Waals surface area contributed by atoms with Crippen LogP contribution in [0.25, 0.3) is 22.3 Å². The molecule has 7 heteroatoms. The lowest BCUT2D eigenvalue weighted by atomic mass is 10.0. The number of ether oxygens (including phenoxy) is 2. The van der Waals surface area contributed by atoms with Crippen LogP contribution >= 0.6 is 0 Å². The Kier molecular flexibility index (Phi) is 2.70. The minimum atomic E-state index is -1.40. The Morgan fingerprint density at radius 3 is 1.95 bits per heavy atom. The van der Waals surface area contributed by atoms with Crippen molar-refractivity contribution in [1.82, 2.24) is 0 Å². The zero-order valence-electron chi connectivity index (χ0n) is 10.1. The van der Waals surface area contributed by atoms with E-state index in [4.69, 9.17) is 10.5 Å². The van der Waals surface area contributed by atoms with Crippen molar-refractivity contribution >= 4 is 0 Å². The van der Waals surface area contributed by atoms with Crippen molar-refractivity contribution in [2.24, 2.45) is 0 Å². The maximum absolute atomic E-state index is 14.2. The number of hydrogen-bond donors (Lipinski definition) is 0. The third-order valence-electron chi connectivity index (χ3n) is 3.12. The summed E-state index contributed by atoms with van der Waals surface area (Å²) in [4.78, 5) is 0. The van der Waals surface area contributed by atoms with Gasteiger partial charge in [-0.1, -0.05) is 0 Å². The monoisotopic (exact) mass is 288 g/mol. The lowest BCUT2D eigenvalue weighted by molar-refractivity contribution is 0.493. The largest absolute Gasteiger partial charge is 0.387 e. The van der Waals surface area contributed by atoms with Gasteiger partial charge in [-0.25, -0.2) is 13.2 Å². The van der Waals surface area contributed by atoms with E-state index in [9.17, 15) is 13.2 Å². The Morgan fingerprint density at radius 2 is 1.38 bits per heavy atom. The molecule has 0 radical (unpaired) electrons. The average molecular weight is 288 g/mol. The lowest BCUT2D eigenvalue weighted by Gasteiger charge is -2.08. The molecule has 0 saturated carbocycles. The maximum atomic E-state index is 14.2. The van der Waals surface area contributed by atoms with Gasteiger partial charge in [0, 0.05) is 16.7 Å². The summed E-state index contributed by atoms with van der Waals surface area (Å²) < 4.78 is 50.9. The van der Waals surface area contributed by atoms with E-state index in [0.717, 1.165) is 0 Å². The fourth-order valence-electron chi connectivity index (χ4n) is 2.35. The normalized spacial score (nSPS) is 10.5. The molecule has 3 rings (SSSR count). The van der Waals surface area contributed by atoms with Gasteiger partial charge in [-0.3, -0.25) is 0 Å². The molecule has 0 unspecified atom stereocenters. The van der Waals surface area contributed by atoms with Gasteiger partial charge in [0.05, 0.1) is 5.56 Å². The molecule has 0 fully saturated rings. The van der Waals surface area contributed by atoms with Gasteiger partial charge in [-0.2, -0.15) is 0 Å². The van der Waals surface area contributed by atoms with Crippen LogP contribution in [0.2, 0.25) is 0 Å². The van der Waals surface area contributed by atoms with Crippen LogP contribution in [0.4, 0.5) is 13.2 Å². The van der Waals surface area contributed by atoms with Crippen LogP contribution in [0.15, 0.2) is 18.2 Å². The fourth-order valence-corrected chi connectivity index (χ4v) is 2.35. The smallest absolute Gasteiger partial charge is 0.292 e. The Balaban J connectivity index is 2.43. The molecule has 1 aliphatic carbocycles. The van der Waals surface area contributed by atoms with Gasteiger partial charge in [0.1, 0.15) is 5.82 Å². The van der Waals surface area contributed by atoms with E-state index in [-0.39, 0.29) is 28.2 Å². The van der Waals surface area contributed by atoms with E-state index >= 15 is 0 Å². The zero-order valence-corrected chi connectivity index (χ0v) is 10.1. The SMILES string of the molecule is N#COc1ccc(OC#N)c2c1-c1cc(F)c(F)c-2c1F. The minimum absolute atomic E-state index is 0.0281. The highest BCUT2D eigenvalue weighted by Gasteiger charge is 2.35. The molecule has 0 spiro atoms. The van der Waals surface area contributed by atoms with E-state index in [1.165, 1.54) is 24.6 Å². The summed E-state index contributed by atoms with van der Waals surface area (Å²) in [5.74, 6) is -3.89. The Morgan fingerprint density at radius 1 is 0.810 bits per heavy atom. The fraction of sp³-hybridized carbons (Fsp3) is 0. The summed E-state index contributed by atoms with van der Waals surface area (Å²) in [6.07, 6.45) is 2.79. The van der Waals surface area contributed by atoms with Gasteiger partial charge in [-0.15, -0.1) is 10.5 Å². The number of hydrogen-bond acceptors (Lipinski definition) is 4. The van der Waals surface area contributed by atoms with Gasteiger partial charge >= 0.3 is 0 Å². The number of rotatable bonds is 2. The molecule has 1 aliphatic rings. The summed E-state index contributed by atoms with van der Waals surface area (Å²) in [6.45, 7) is 0. The molecule has 0 amide bonds. The predicted octanol–water partition coefficient (Wildman–Crippen LogP) is 3.47. The van der Waals surface area contributed by atoms with Crippen molar-refractivity contribution in [3.8, 4) is 46.3 Å². The zero-order chi connectivity index (χ0) is 15.1. The summed E-state index contributed by atoms with van der Waals surface area (Å²) >= 11 is 0. The first-order chi connectivity index (χ1) is 10.1. The second-order valence-electron chi connectivity index (χ2n) is 4.11. The number of fused-ring (bicyclic) bond motifs is 5. The van der Waals surface area contributed by atoms with Crippen LogP contribution in [0.5, 0.6) is 11.5 Å². The molecule has 102 valence electrons. The van der Waals surface area contributed by atoms with E-state index in [0.29, 0.717) is 6.07 Å². The summed E-state index contributed by atoms with van der Waals surface area (Å²) in [7, 11) is 0. The summed E-state index contributed by atoms with van der Waals surface area (Å²) in [5, 5.41) is 17.2. The highest BCUT2D eigenvalue weighted by molar-refractivity contribution is 5.99. The first kappa shape index (κ1) is 12.8. The summed E-state index contributed by atoms with van der Waals surface area (Å²) in [6, 6.07) is 3.13. The standard InChI is InChI=1S/C14H3F3N2O2/c15-7-3-6-10-8(20-4-18)1-2-9(21-5-19)11(10)12(13(6)16)14(7)17/h1-3H. The van der Waals surface area contributed by atoms with Gasteiger partial charge in [0.15, 0.2) is 23.1 Å². The second kappa shape index (κ2) is 4.43. The molecule has 0 saturated heterocycles. The lowest BCUT2D eigenvalue weighted by Crippen LogP contribution is -1.92. The number of nitrogens with zero attached hydrogens (tertiary/aromatic N) is 2. The third-order valence-corrected chi connectivity index (χ3v) is 3.12. The maximum Gasteiger partial charge on any atom is 0.292 e. The highest BCUT2D eigenvalue weighted by Crippen LogP contribution is 2.53. The molecular weight excluding hydrogens is 285 g/mol. The van der Waals surface area contributed by atoms with Crippen LogP contribution in [0.3, 0.4) is 0 Å². The molecule has 2 aromatic carbocycles. The van der Waals surface area contributed by atoms with Crippen molar-refractivity contribution in [1.29, 1.82) is 10.5 Å². The molecule has 0 heterocycles. The van der Waals surface area contributed by atoms with Gasteiger partial charge in [0.2, 0.25) is 0 Å².